The fourth-order valence-electron chi connectivity index (χ4n) is 2.49. The van der Waals surface area contributed by atoms with Crippen molar-refractivity contribution in [1.29, 1.82) is 0 Å². The first-order valence-electron chi connectivity index (χ1n) is 7.37. The summed E-state index contributed by atoms with van der Waals surface area (Å²) >= 11 is 0.125. The van der Waals surface area contributed by atoms with Crippen molar-refractivity contribution in [2.75, 3.05) is 13.2 Å². The summed E-state index contributed by atoms with van der Waals surface area (Å²) in [6.45, 7) is -1.33. The normalized spacial score (nSPS) is 47.8. The van der Waals surface area contributed by atoms with E-state index in [9.17, 15) is 30.6 Å². The van der Waals surface area contributed by atoms with Crippen molar-refractivity contribution in [2.45, 2.75) is 61.4 Å². The van der Waals surface area contributed by atoms with E-state index in [1.165, 1.54) is 0 Å². The third-order valence-corrected chi connectivity index (χ3v) is 3.97. The Balaban J connectivity index is 0.00000151. The van der Waals surface area contributed by atoms with Gasteiger partial charge in [0.25, 0.3) is 0 Å². The van der Waals surface area contributed by atoms with Crippen molar-refractivity contribution in [3.8, 4) is 0 Å². The van der Waals surface area contributed by atoms with Gasteiger partial charge in [0, 0.05) is 0 Å². The Labute approximate surface area is 152 Å². The average molecular weight is 424 g/mol. The van der Waals surface area contributed by atoms with Gasteiger partial charge in [-0.05, 0) is 0 Å². The Morgan fingerprint density at radius 1 is 0.640 bits per heavy atom. The minimum absolute atomic E-state index is 0.125. The molecule has 0 bridgehead atoms. The molecule has 0 aliphatic carbocycles. The molecule has 144 valence electrons. The molecule has 0 radical (unpaired) electrons. The predicted octanol–water partition coefficient (Wildman–Crippen LogP) is -5.52. The molecule has 13 heteroatoms. The third kappa shape index (κ3) is 5.03. The van der Waals surface area contributed by atoms with Crippen molar-refractivity contribution in [2.24, 2.45) is 0 Å². The Hall–Kier alpha value is -0.0166. The molecule has 2 rings (SSSR count). The van der Waals surface area contributed by atoms with Gasteiger partial charge >= 0.3 is 21.8 Å². The van der Waals surface area contributed by atoms with Crippen LogP contribution in [0.1, 0.15) is 0 Å². The number of ether oxygens (including phenoxy) is 3. The molecule has 0 amide bonds. The van der Waals surface area contributed by atoms with E-state index in [0.717, 1.165) is 0 Å². The van der Waals surface area contributed by atoms with Crippen LogP contribution in [0.4, 0.5) is 0 Å². The number of aliphatic hydroxyl groups is 8. The van der Waals surface area contributed by atoms with Crippen LogP contribution in [0.2, 0.25) is 0 Å². The van der Waals surface area contributed by atoms with Crippen molar-refractivity contribution in [3.63, 3.8) is 0 Å². The Bertz CT molecular complexity index is 364. The van der Waals surface area contributed by atoms with E-state index in [1.807, 2.05) is 0 Å². The molecular weight excluding hydrogens is 402 g/mol. The number of aliphatic hydroxyl groups excluding tert-OH is 8. The van der Waals surface area contributed by atoms with Crippen LogP contribution in [0.5, 0.6) is 0 Å². The zero-order chi connectivity index (χ0) is 19.3. The van der Waals surface area contributed by atoms with Crippen molar-refractivity contribution < 1.29 is 76.9 Å². The Morgan fingerprint density at radius 2 is 0.960 bits per heavy atom. The summed E-state index contributed by atoms with van der Waals surface area (Å²) in [5, 5.41) is 76.4. The van der Waals surface area contributed by atoms with Gasteiger partial charge in [-0.25, -0.2) is 0 Å². The van der Waals surface area contributed by atoms with Crippen molar-refractivity contribution in [3.05, 3.63) is 0 Å². The van der Waals surface area contributed by atoms with Crippen LogP contribution in [0.3, 0.4) is 0 Å². The molecule has 2 fully saturated rings. The fraction of sp³-hybridized carbons (Fsp3) is 1.00. The van der Waals surface area contributed by atoms with Gasteiger partial charge < -0.3 is 55.1 Å². The van der Waals surface area contributed by atoms with E-state index in [0.29, 0.717) is 0 Å². The average Bonchev–Trinajstić information content (AvgIpc) is 2.63. The molecule has 25 heavy (non-hydrogen) atoms. The predicted molar refractivity (Wildman–Crippen MR) is 69.3 cm³/mol. The standard InChI is InChI=1S/C12H22O11.O.Zn/c13-1-3-5(15)7(17)9(19)11(21-3)23-12-10(20)8(18)6(16)4(2-14)22-12;;/h3-20H,1-2H2;;/t3-,4-,5-,6-,7+,8+,9-,10-,11-,12-;;/m1../s1. The number of rotatable bonds is 4. The van der Waals surface area contributed by atoms with Crippen LogP contribution in [0.15, 0.2) is 0 Å². The zero-order valence-electron chi connectivity index (χ0n) is 13.1. The van der Waals surface area contributed by atoms with Crippen molar-refractivity contribution >= 4 is 0 Å². The molecule has 12 nitrogen and oxygen atoms in total. The van der Waals surface area contributed by atoms with E-state index >= 15 is 0 Å². The van der Waals surface area contributed by atoms with Crippen LogP contribution in [0, 0.1) is 0 Å². The molecule has 2 aliphatic rings. The van der Waals surface area contributed by atoms with Crippen LogP contribution in [-0.4, -0.2) is 115 Å². The first-order valence-corrected chi connectivity index (χ1v) is 8.58. The molecule has 2 saturated heterocycles. The summed E-state index contributed by atoms with van der Waals surface area (Å²) in [5.41, 5.74) is 0. The monoisotopic (exact) mass is 422 g/mol. The van der Waals surface area contributed by atoms with Gasteiger partial charge in [0.15, 0.2) is 12.6 Å². The van der Waals surface area contributed by atoms with E-state index in [1.54, 1.807) is 0 Å². The van der Waals surface area contributed by atoms with Gasteiger partial charge in [-0.15, -0.1) is 0 Å². The van der Waals surface area contributed by atoms with E-state index in [4.69, 9.17) is 28.0 Å². The Kier molecular flexibility index (Phi) is 9.53. The van der Waals surface area contributed by atoms with Gasteiger partial charge in [0.2, 0.25) is 0 Å². The molecule has 0 aromatic carbocycles. The molecule has 0 saturated carbocycles. The van der Waals surface area contributed by atoms with Gasteiger partial charge in [-0.1, -0.05) is 0 Å². The SMILES string of the molecule is OC[C@H]1O[C@H](O[C@H]2O[C@H](CO)[C@@H](O)[C@H](O)[C@H]2O)[C@H](O)[C@@H](O)[C@@H]1O.[O]=[Zn]. The zero-order valence-corrected chi connectivity index (χ0v) is 16.1. The molecule has 0 spiro atoms. The van der Waals surface area contributed by atoms with Gasteiger partial charge in [-0.3, -0.25) is 0 Å². The van der Waals surface area contributed by atoms with E-state index in [2.05, 4.69) is 0 Å². The summed E-state index contributed by atoms with van der Waals surface area (Å²) in [6.07, 6.45) is -15.6. The first-order chi connectivity index (χ1) is 11.8. The molecule has 8 N–H and O–H groups in total. The van der Waals surface area contributed by atoms with Gasteiger partial charge in [0.05, 0.1) is 13.2 Å². The maximum absolute atomic E-state index is 9.84. The summed E-state index contributed by atoms with van der Waals surface area (Å²) < 4.78 is 23.7. The van der Waals surface area contributed by atoms with Gasteiger partial charge in [0.1, 0.15) is 48.8 Å². The van der Waals surface area contributed by atoms with Crippen molar-refractivity contribution in [1.82, 2.24) is 0 Å². The second kappa shape index (κ2) is 10.4. The van der Waals surface area contributed by atoms with E-state index < -0.39 is 74.6 Å². The summed E-state index contributed by atoms with van der Waals surface area (Å²) in [6, 6.07) is 0. The fourth-order valence-corrected chi connectivity index (χ4v) is 2.49. The second-order valence-corrected chi connectivity index (χ2v) is 5.53. The topological polar surface area (TPSA) is 207 Å². The number of hydrogen-bond donors (Lipinski definition) is 8. The summed E-state index contributed by atoms with van der Waals surface area (Å²) in [5.74, 6) is 0. The van der Waals surface area contributed by atoms with Crippen LogP contribution in [0.25, 0.3) is 0 Å². The Morgan fingerprint density at radius 3 is 1.24 bits per heavy atom. The maximum atomic E-state index is 9.84. The molecule has 2 aliphatic heterocycles. The first kappa shape index (κ1) is 23.0. The van der Waals surface area contributed by atoms with Gasteiger partial charge in [-0.2, -0.15) is 0 Å². The molecule has 10 atom stereocenters. The van der Waals surface area contributed by atoms with E-state index in [-0.39, 0.29) is 18.3 Å². The van der Waals surface area contributed by atoms with Crippen LogP contribution < -0.4 is 0 Å². The molecule has 0 aromatic heterocycles. The minimum atomic E-state index is -1.72. The quantitative estimate of drug-likeness (QED) is 0.199. The summed E-state index contributed by atoms with van der Waals surface area (Å²) in [4.78, 5) is 0. The van der Waals surface area contributed by atoms with Crippen LogP contribution in [-0.2, 0) is 36.0 Å². The molecule has 0 aromatic rings. The van der Waals surface area contributed by atoms with Crippen LogP contribution >= 0.6 is 0 Å². The third-order valence-electron chi connectivity index (χ3n) is 3.97. The molecule has 2 heterocycles. The molecular formula is C12H22O12Zn. The molecule has 0 unspecified atom stereocenters. The summed E-state index contributed by atoms with van der Waals surface area (Å²) in [7, 11) is 0. The second-order valence-electron chi connectivity index (χ2n) is 5.53. The number of hydrogen-bond acceptors (Lipinski definition) is 12.